The van der Waals surface area contributed by atoms with Crippen molar-refractivity contribution in [3.05, 3.63) is 0 Å². The average Bonchev–Trinajstić information content (AvgIpc) is 2.44. The Morgan fingerprint density at radius 2 is 1.95 bits per heavy atom. The first-order valence-electron chi connectivity index (χ1n) is 8.36. The summed E-state index contributed by atoms with van der Waals surface area (Å²) in [6.45, 7) is 10.7. The quantitative estimate of drug-likeness (QED) is 0.867. The monoisotopic (exact) mass is 297 g/mol. The first-order chi connectivity index (χ1) is 9.78. The molecule has 4 heteroatoms. The first kappa shape index (κ1) is 16.8. The van der Waals surface area contributed by atoms with Gasteiger partial charge >= 0.3 is 0 Å². The van der Waals surface area contributed by atoms with Crippen molar-refractivity contribution in [1.82, 2.24) is 4.90 Å². The molecule has 1 amide bonds. The minimum Gasteiger partial charge on any atom is -0.392 e. The number of aliphatic hydroxyl groups is 1. The number of hydrogen-bond acceptors (Lipinski definition) is 3. The maximum absolute atomic E-state index is 12.3. The Balaban J connectivity index is 1.84. The normalized spacial score (nSPS) is 28.5. The molecule has 1 saturated carbocycles. The highest BCUT2D eigenvalue weighted by Gasteiger charge is 2.56. The highest BCUT2D eigenvalue weighted by atomic mass is 16.5. The van der Waals surface area contributed by atoms with Gasteiger partial charge in [0, 0.05) is 38.0 Å². The second kappa shape index (κ2) is 6.25. The summed E-state index contributed by atoms with van der Waals surface area (Å²) in [6, 6.07) is 0. The maximum atomic E-state index is 12.3. The number of aliphatic hydroxyl groups excluding tert-OH is 1. The largest absolute Gasteiger partial charge is 0.392 e. The highest BCUT2D eigenvalue weighted by molar-refractivity contribution is 5.76. The molecule has 0 aromatic rings. The molecule has 0 aromatic carbocycles. The van der Waals surface area contributed by atoms with Crippen LogP contribution >= 0.6 is 0 Å². The number of nitrogens with zero attached hydrogens (tertiary/aromatic N) is 1. The predicted octanol–water partition coefficient (Wildman–Crippen LogP) is 2.59. The Morgan fingerprint density at radius 1 is 1.33 bits per heavy atom. The Bertz CT molecular complexity index is 365. The fourth-order valence-electron chi connectivity index (χ4n) is 3.63. The molecule has 1 heterocycles. The van der Waals surface area contributed by atoms with Crippen LogP contribution in [0.2, 0.25) is 0 Å². The van der Waals surface area contributed by atoms with Crippen LogP contribution in [0.3, 0.4) is 0 Å². The fourth-order valence-corrected chi connectivity index (χ4v) is 3.63. The van der Waals surface area contributed by atoms with Gasteiger partial charge in [0.2, 0.25) is 5.91 Å². The fraction of sp³-hybridized carbons (Fsp3) is 0.941. The molecular formula is C17H31NO3. The molecule has 0 aromatic heterocycles. The van der Waals surface area contributed by atoms with Gasteiger partial charge in [-0.15, -0.1) is 0 Å². The molecule has 1 N–H and O–H groups in total. The lowest BCUT2D eigenvalue weighted by Gasteiger charge is -2.56. The van der Waals surface area contributed by atoms with Gasteiger partial charge in [-0.2, -0.15) is 0 Å². The van der Waals surface area contributed by atoms with Crippen molar-refractivity contribution in [2.75, 3.05) is 19.7 Å². The van der Waals surface area contributed by atoms with E-state index in [0.29, 0.717) is 13.0 Å². The van der Waals surface area contributed by atoms with Crippen molar-refractivity contribution < 1.29 is 14.6 Å². The van der Waals surface area contributed by atoms with Crippen LogP contribution in [0.4, 0.5) is 0 Å². The summed E-state index contributed by atoms with van der Waals surface area (Å²) in [5.41, 5.74) is 0.119. The number of carbonyl (C=O) groups is 1. The SMILES string of the molecule is CCOC1CC(O)C12CCN(C(=O)CCC(C)(C)C)CC2. The van der Waals surface area contributed by atoms with Gasteiger partial charge in [0.05, 0.1) is 12.2 Å². The van der Waals surface area contributed by atoms with Crippen LogP contribution in [0, 0.1) is 10.8 Å². The van der Waals surface area contributed by atoms with Crippen LogP contribution in [0.15, 0.2) is 0 Å². The van der Waals surface area contributed by atoms with E-state index in [0.717, 1.165) is 38.8 Å². The average molecular weight is 297 g/mol. The molecule has 2 fully saturated rings. The number of carbonyl (C=O) groups excluding carboxylic acids is 1. The standard InChI is InChI=1S/C17H31NO3/c1-5-21-14-12-13(19)17(14)8-10-18(11-9-17)15(20)6-7-16(2,3)4/h13-14,19H,5-12H2,1-4H3. The molecule has 2 unspecified atom stereocenters. The van der Waals surface area contributed by atoms with Crippen molar-refractivity contribution >= 4 is 5.91 Å². The Kier molecular flexibility index (Phi) is 4.99. The second-order valence-electron chi connectivity index (χ2n) is 7.87. The van der Waals surface area contributed by atoms with Crippen LogP contribution in [-0.4, -0.2) is 47.8 Å². The van der Waals surface area contributed by atoms with E-state index >= 15 is 0 Å². The van der Waals surface area contributed by atoms with Crippen molar-refractivity contribution in [3.63, 3.8) is 0 Å². The van der Waals surface area contributed by atoms with Crippen molar-refractivity contribution in [2.24, 2.45) is 10.8 Å². The van der Waals surface area contributed by atoms with Gasteiger partial charge in [-0.25, -0.2) is 0 Å². The van der Waals surface area contributed by atoms with Gasteiger partial charge in [-0.3, -0.25) is 4.79 Å². The summed E-state index contributed by atoms with van der Waals surface area (Å²) < 4.78 is 5.77. The Morgan fingerprint density at radius 3 is 2.43 bits per heavy atom. The summed E-state index contributed by atoms with van der Waals surface area (Å²) in [5.74, 6) is 0.265. The number of ether oxygens (including phenoxy) is 1. The highest BCUT2D eigenvalue weighted by Crippen LogP contribution is 2.51. The third kappa shape index (κ3) is 3.59. The molecule has 122 valence electrons. The van der Waals surface area contributed by atoms with Gasteiger partial charge in [-0.1, -0.05) is 20.8 Å². The van der Waals surface area contributed by atoms with E-state index in [4.69, 9.17) is 4.74 Å². The second-order valence-corrected chi connectivity index (χ2v) is 7.87. The molecular weight excluding hydrogens is 266 g/mol. The summed E-state index contributed by atoms with van der Waals surface area (Å²) in [4.78, 5) is 14.3. The zero-order valence-electron chi connectivity index (χ0n) is 14.0. The van der Waals surface area contributed by atoms with E-state index in [2.05, 4.69) is 20.8 Å². The third-order valence-electron chi connectivity index (χ3n) is 5.25. The number of amides is 1. The third-order valence-corrected chi connectivity index (χ3v) is 5.25. The van der Waals surface area contributed by atoms with Gasteiger partial charge in [0.1, 0.15) is 0 Å². The molecule has 0 radical (unpaired) electrons. The van der Waals surface area contributed by atoms with E-state index in [9.17, 15) is 9.90 Å². The number of rotatable bonds is 4. The van der Waals surface area contributed by atoms with Crippen LogP contribution < -0.4 is 0 Å². The summed E-state index contributed by atoms with van der Waals surface area (Å²) in [5, 5.41) is 10.2. The molecule has 1 saturated heterocycles. The molecule has 1 aliphatic carbocycles. The zero-order chi connectivity index (χ0) is 15.7. The van der Waals surface area contributed by atoms with E-state index < -0.39 is 0 Å². The van der Waals surface area contributed by atoms with Crippen LogP contribution in [0.25, 0.3) is 0 Å². The molecule has 2 aliphatic rings. The van der Waals surface area contributed by atoms with E-state index in [1.54, 1.807) is 0 Å². The summed E-state index contributed by atoms with van der Waals surface area (Å²) in [7, 11) is 0. The Hall–Kier alpha value is -0.610. The van der Waals surface area contributed by atoms with Gasteiger partial charge in [-0.05, 0) is 31.6 Å². The number of piperidine rings is 1. The number of hydrogen-bond donors (Lipinski definition) is 1. The van der Waals surface area contributed by atoms with Gasteiger partial charge in [0.15, 0.2) is 0 Å². The minimum atomic E-state index is -0.249. The van der Waals surface area contributed by atoms with E-state index in [1.165, 1.54) is 0 Å². The maximum Gasteiger partial charge on any atom is 0.222 e. The lowest BCUT2D eigenvalue weighted by Crippen LogP contribution is -2.62. The summed E-state index contributed by atoms with van der Waals surface area (Å²) >= 11 is 0. The molecule has 1 aliphatic heterocycles. The lowest BCUT2D eigenvalue weighted by atomic mass is 9.58. The number of likely N-dealkylation sites (tertiary alicyclic amines) is 1. The Labute approximate surface area is 128 Å². The molecule has 4 nitrogen and oxygen atoms in total. The van der Waals surface area contributed by atoms with Crippen molar-refractivity contribution in [2.45, 2.75) is 72.0 Å². The topological polar surface area (TPSA) is 49.8 Å². The molecule has 0 bridgehead atoms. The predicted molar refractivity (Wildman–Crippen MR) is 83.0 cm³/mol. The molecule has 21 heavy (non-hydrogen) atoms. The zero-order valence-corrected chi connectivity index (χ0v) is 14.0. The molecule has 2 atom stereocenters. The van der Waals surface area contributed by atoms with Crippen LogP contribution in [0.1, 0.15) is 59.8 Å². The molecule has 2 rings (SSSR count). The van der Waals surface area contributed by atoms with E-state index in [-0.39, 0.29) is 28.9 Å². The first-order valence-corrected chi connectivity index (χ1v) is 8.36. The van der Waals surface area contributed by atoms with Crippen LogP contribution in [-0.2, 0) is 9.53 Å². The van der Waals surface area contributed by atoms with Gasteiger partial charge < -0.3 is 14.7 Å². The molecule has 1 spiro atoms. The smallest absolute Gasteiger partial charge is 0.222 e. The van der Waals surface area contributed by atoms with Crippen LogP contribution in [0.5, 0.6) is 0 Å². The van der Waals surface area contributed by atoms with E-state index in [1.807, 2.05) is 11.8 Å². The van der Waals surface area contributed by atoms with Crippen molar-refractivity contribution in [3.8, 4) is 0 Å². The minimum absolute atomic E-state index is 0.0865. The lowest BCUT2D eigenvalue weighted by molar-refractivity contribution is -0.210. The summed E-state index contributed by atoms with van der Waals surface area (Å²) in [6.07, 6.45) is 4.00. The van der Waals surface area contributed by atoms with Crippen molar-refractivity contribution in [1.29, 1.82) is 0 Å². The van der Waals surface area contributed by atoms with Gasteiger partial charge in [0.25, 0.3) is 0 Å².